The zero-order valence-electron chi connectivity index (χ0n) is 6.06. The van der Waals surface area contributed by atoms with Crippen molar-refractivity contribution < 1.29 is 0 Å². The van der Waals surface area contributed by atoms with E-state index in [0.717, 1.165) is 5.25 Å². The lowest BCUT2D eigenvalue weighted by Gasteiger charge is -2.11. The van der Waals surface area contributed by atoms with E-state index in [9.17, 15) is 0 Å². The normalized spacial score (nSPS) is 14.6. The number of thioether (sulfide) groups is 1. The molecule has 0 aromatic rings. The molecule has 0 aliphatic carbocycles. The van der Waals surface area contributed by atoms with Gasteiger partial charge in [-0.15, -0.1) is 11.8 Å². The molecule has 0 bridgehead atoms. The lowest BCUT2D eigenvalue weighted by Crippen LogP contribution is -2.18. The fraction of sp³-hybridized carbons (Fsp3) is 1.00. The lowest BCUT2D eigenvalue weighted by atomic mass is 10.6. The van der Waals surface area contributed by atoms with E-state index in [-0.39, 0.29) is 0 Å². The first kappa shape index (κ1) is 8.31. The molecule has 0 spiro atoms. The molecular weight excluding hydrogens is 118 g/mol. The molecule has 50 valence electrons. The van der Waals surface area contributed by atoms with E-state index in [1.165, 1.54) is 0 Å². The molecule has 1 nitrogen and oxygen atoms in total. The van der Waals surface area contributed by atoms with Crippen molar-refractivity contribution >= 4 is 11.8 Å². The van der Waals surface area contributed by atoms with Crippen molar-refractivity contribution in [2.75, 3.05) is 7.05 Å². The molecule has 2 heteroatoms. The Hall–Kier alpha value is 0.310. The van der Waals surface area contributed by atoms with Crippen molar-refractivity contribution in [3.05, 3.63) is 0 Å². The highest BCUT2D eigenvalue weighted by atomic mass is 32.2. The summed E-state index contributed by atoms with van der Waals surface area (Å²) in [7, 11) is 1.99. The molecule has 0 radical (unpaired) electrons. The summed E-state index contributed by atoms with van der Waals surface area (Å²) in [5.41, 5.74) is 0. The Morgan fingerprint density at radius 2 is 1.75 bits per heavy atom. The summed E-state index contributed by atoms with van der Waals surface area (Å²) < 4.78 is 0. The van der Waals surface area contributed by atoms with E-state index in [2.05, 4.69) is 26.1 Å². The Kier molecular flexibility index (Phi) is 4.38. The average Bonchev–Trinajstić information content (AvgIpc) is 1.65. The molecule has 0 aromatic carbocycles. The van der Waals surface area contributed by atoms with Crippen LogP contribution in [-0.2, 0) is 0 Å². The predicted molar refractivity (Wildman–Crippen MR) is 41.2 cm³/mol. The van der Waals surface area contributed by atoms with Gasteiger partial charge in [-0.3, -0.25) is 0 Å². The van der Waals surface area contributed by atoms with Crippen molar-refractivity contribution in [2.45, 2.75) is 31.4 Å². The van der Waals surface area contributed by atoms with Crippen LogP contribution in [0.5, 0.6) is 0 Å². The molecule has 8 heavy (non-hydrogen) atoms. The molecule has 0 aromatic heterocycles. The van der Waals surface area contributed by atoms with Crippen LogP contribution in [-0.4, -0.2) is 17.7 Å². The first-order valence-corrected chi connectivity index (χ1v) is 3.93. The summed E-state index contributed by atoms with van der Waals surface area (Å²) in [6.07, 6.45) is 0. The van der Waals surface area contributed by atoms with Gasteiger partial charge in [0.2, 0.25) is 0 Å². The average molecular weight is 133 g/mol. The Morgan fingerprint density at radius 1 is 1.25 bits per heavy atom. The second kappa shape index (κ2) is 4.21. The van der Waals surface area contributed by atoms with Gasteiger partial charge in [0, 0.05) is 5.25 Å². The van der Waals surface area contributed by atoms with Gasteiger partial charge in [0.25, 0.3) is 0 Å². The Bertz CT molecular complexity index is 54.5. The first-order valence-electron chi connectivity index (χ1n) is 2.99. The monoisotopic (exact) mass is 133 g/mol. The molecule has 1 unspecified atom stereocenters. The molecule has 0 amide bonds. The maximum Gasteiger partial charge on any atom is 0.0503 e. The maximum atomic E-state index is 3.16. The summed E-state index contributed by atoms with van der Waals surface area (Å²) in [5.74, 6) is 0. The summed E-state index contributed by atoms with van der Waals surface area (Å²) in [6, 6.07) is 0. The van der Waals surface area contributed by atoms with Crippen molar-refractivity contribution in [2.24, 2.45) is 0 Å². The molecule has 0 saturated heterocycles. The fourth-order valence-corrected chi connectivity index (χ4v) is 1.43. The van der Waals surface area contributed by atoms with Gasteiger partial charge in [0.1, 0.15) is 0 Å². The molecular formula is C6H15NS. The zero-order valence-corrected chi connectivity index (χ0v) is 6.88. The van der Waals surface area contributed by atoms with E-state index in [1.54, 1.807) is 0 Å². The molecule has 0 saturated carbocycles. The highest BCUT2D eigenvalue weighted by molar-refractivity contribution is 8.00. The van der Waals surface area contributed by atoms with Gasteiger partial charge < -0.3 is 5.32 Å². The minimum absolute atomic E-state index is 0.593. The Labute approximate surface area is 56.2 Å². The minimum Gasteiger partial charge on any atom is -0.309 e. The van der Waals surface area contributed by atoms with E-state index < -0.39 is 0 Å². The minimum atomic E-state index is 0.593. The highest BCUT2D eigenvalue weighted by Gasteiger charge is 1.99. The van der Waals surface area contributed by atoms with E-state index in [0.29, 0.717) is 5.37 Å². The van der Waals surface area contributed by atoms with Gasteiger partial charge in [-0.2, -0.15) is 0 Å². The van der Waals surface area contributed by atoms with Gasteiger partial charge in [0.05, 0.1) is 5.37 Å². The largest absolute Gasteiger partial charge is 0.309 e. The molecule has 0 fully saturated rings. The number of hydrogen-bond donors (Lipinski definition) is 1. The van der Waals surface area contributed by atoms with E-state index in [4.69, 9.17) is 0 Å². The van der Waals surface area contributed by atoms with Crippen LogP contribution < -0.4 is 5.32 Å². The Balaban J connectivity index is 3.10. The third-order valence-electron chi connectivity index (χ3n) is 0.883. The van der Waals surface area contributed by atoms with Crippen LogP contribution in [0.1, 0.15) is 20.8 Å². The molecule has 1 N–H and O–H groups in total. The van der Waals surface area contributed by atoms with Gasteiger partial charge >= 0.3 is 0 Å². The smallest absolute Gasteiger partial charge is 0.0503 e. The molecule has 0 heterocycles. The van der Waals surface area contributed by atoms with Crippen LogP contribution in [0.25, 0.3) is 0 Å². The second-order valence-corrected chi connectivity index (χ2v) is 4.04. The topological polar surface area (TPSA) is 12.0 Å². The van der Waals surface area contributed by atoms with Gasteiger partial charge in [0.15, 0.2) is 0 Å². The fourth-order valence-electron chi connectivity index (χ4n) is 0.476. The van der Waals surface area contributed by atoms with Crippen molar-refractivity contribution in [1.29, 1.82) is 0 Å². The van der Waals surface area contributed by atoms with Crippen LogP contribution in [0, 0.1) is 0 Å². The van der Waals surface area contributed by atoms with Gasteiger partial charge in [-0.05, 0) is 14.0 Å². The van der Waals surface area contributed by atoms with Crippen molar-refractivity contribution in [3.63, 3.8) is 0 Å². The third kappa shape index (κ3) is 4.47. The maximum absolute atomic E-state index is 3.16. The van der Waals surface area contributed by atoms with Crippen LogP contribution in [0.3, 0.4) is 0 Å². The Morgan fingerprint density at radius 3 is 1.88 bits per heavy atom. The summed E-state index contributed by atoms with van der Waals surface area (Å²) in [4.78, 5) is 0. The van der Waals surface area contributed by atoms with Gasteiger partial charge in [-0.1, -0.05) is 13.8 Å². The highest BCUT2D eigenvalue weighted by Crippen LogP contribution is 2.12. The first-order chi connectivity index (χ1) is 3.66. The van der Waals surface area contributed by atoms with Crippen LogP contribution in [0.2, 0.25) is 0 Å². The summed E-state index contributed by atoms with van der Waals surface area (Å²) in [5, 5.41) is 4.49. The molecule has 0 aliphatic rings. The van der Waals surface area contributed by atoms with Crippen molar-refractivity contribution in [1.82, 2.24) is 5.32 Å². The van der Waals surface area contributed by atoms with Crippen LogP contribution >= 0.6 is 11.8 Å². The quantitative estimate of drug-likeness (QED) is 0.588. The third-order valence-corrected chi connectivity index (χ3v) is 2.07. The zero-order chi connectivity index (χ0) is 6.57. The van der Waals surface area contributed by atoms with E-state index in [1.807, 2.05) is 18.8 Å². The van der Waals surface area contributed by atoms with E-state index >= 15 is 0 Å². The standard InChI is InChI=1S/C6H15NS/c1-5(2)8-6(3)7-4/h5-7H,1-4H3. The molecule has 0 rings (SSSR count). The SMILES string of the molecule is CNC(C)SC(C)C. The number of nitrogens with one attached hydrogen (secondary N) is 1. The molecule has 0 aliphatic heterocycles. The lowest BCUT2D eigenvalue weighted by molar-refractivity contribution is 0.801. The predicted octanol–water partition coefficient (Wildman–Crippen LogP) is 1.69. The summed E-state index contributed by atoms with van der Waals surface area (Å²) in [6.45, 7) is 6.59. The molecule has 1 atom stereocenters. The van der Waals surface area contributed by atoms with Crippen LogP contribution in [0.15, 0.2) is 0 Å². The number of hydrogen-bond acceptors (Lipinski definition) is 2. The van der Waals surface area contributed by atoms with Crippen LogP contribution in [0.4, 0.5) is 0 Å². The number of rotatable bonds is 3. The second-order valence-electron chi connectivity index (χ2n) is 2.12. The van der Waals surface area contributed by atoms with Crippen molar-refractivity contribution in [3.8, 4) is 0 Å². The summed E-state index contributed by atoms with van der Waals surface area (Å²) >= 11 is 1.94. The van der Waals surface area contributed by atoms with Gasteiger partial charge in [-0.25, -0.2) is 0 Å².